The van der Waals surface area contributed by atoms with E-state index < -0.39 is 6.04 Å². The minimum absolute atomic E-state index is 0.0532. The normalized spacial score (nSPS) is 17.3. The lowest BCUT2D eigenvalue weighted by molar-refractivity contribution is -0.129. The summed E-state index contributed by atoms with van der Waals surface area (Å²) in [5.41, 5.74) is 0.541. The monoisotopic (exact) mass is 339 g/mol. The van der Waals surface area contributed by atoms with Crippen molar-refractivity contribution in [3.8, 4) is 11.5 Å². The molecule has 1 aromatic carbocycles. The average Bonchev–Trinajstić information content (AvgIpc) is 2.62. The van der Waals surface area contributed by atoms with Gasteiger partial charge in [0.1, 0.15) is 17.5 Å². The van der Waals surface area contributed by atoms with Crippen LogP contribution in [0.4, 0.5) is 0 Å². The number of piperazine rings is 1. The van der Waals surface area contributed by atoms with E-state index in [0.717, 1.165) is 0 Å². The van der Waals surface area contributed by atoms with Crippen molar-refractivity contribution in [1.82, 2.24) is 15.2 Å². The summed E-state index contributed by atoms with van der Waals surface area (Å²) >= 11 is 0. The molecule has 2 aromatic rings. The Labute approximate surface area is 146 Å². The van der Waals surface area contributed by atoms with Crippen molar-refractivity contribution in [3.63, 3.8) is 0 Å². The summed E-state index contributed by atoms with van der Waals surface area (Å²) in [5, 5.41) is 2.83. The van der Waals surface area contributed by atoms with Gasteiger partial charge in [0.2, 0.25) is 5.91 Å². The van der Waals surface area contributed by atoms with Crippen LogP contribution in [-0.2, 0) is 4.79 Å². The summed E-state index contributed by atoms with van der Waals surface area (Å²) in [6.45, 7) is 4.89. The van der Waals surface area contributed by atoms with Crippen molar-refractivity contribution in [3.05, 3.63) is 54.4 Å². The highest BCUT2D eigenvalue weighted by Crippen LogP contribution is 2.22. The molecular formula is C19H21N3O3. The number of carbonyl (C=O) groups is 2. The van der Waals surface area contributed by atoms with Crippen LogP contribution in [0, 0.1) is 5.92 Å². The third-order valence-corrected chi connectivity index (χ3v) is 4.12. The Bertz CT molecular complexity index is 744. The quantitative estimate of drug-likeness (QED) is 0.929. The molecule has 130 valence electrons. The first-order valence-electron chi connectivity index (χ1n) is 8.33. The fourth-order valence-electron chi connectivity index (χ4n) is 2.95. The predicted octanol–water partition coefficient (Wildman–Crippen LogP) is 2.47. The zero-order valence-corrected chi connectivity index (χ0v) is 14.3. The summed E-state index contributed by atoms with van der Waals surface area (Å²) in [6.07, 6.45) is 3.30. The molecule has 1 aromatic heterocycles. The SMILES string of the molecule is CC(C)C1C(=O)NCCN1C(=O)c1ccc(Oc2cccnc2)cc1. The van der Waals surface area contributed by atoms with E-state index in [2.05, 4.69) is 10.3 Å². The Morgan fingerprint density at radius 3 is 2.64 bits per heavy atom. The molecule has 1 aliphatic rings. The molecule has 1 saturated heterocycles. The second kappa shape index (κ2) is 7.34. The first-order valence-corrected chi connectivity index (χ1v) is 8.33. The molecule has 2 amide bonds. The van der Waals surface area contributed by atoms with Gasteiger partial charge in [-0.05, 0) is 42.3 Å². The largest absolute Gasteiger partial charge is 0.456 e. The van der Waals surface area contributed by atoms with Gasteiger partial charge in [-0.3, -0.25) is 14.6 Å². The lowest BCUT2D eigenvalue weighted by Gasteiger charge is -2.37. The maximum absolute atomic E-state index is 12.8. The van der Waals surface area contributed by atoms with Crippen LogP contribution in [0.15, 0.2) is 48.8 Å². The van der Waals surface area contributed by atoms with Gasteiger partial charge in [0.05, 0.1) is 6.20 Å². The van der Waals surface area contributed by atoms with Crippen molar-refractivity contribution in [2.24, 2.45) is 5.92 Å². The number of ether oxygens (including phenoxy) is 1. The Kier molecular flexibility index (Phi) is 4.97. The number of nitrogens with zero attached hydrogens (tertiary/aromatic N) is 2. The molecule has 6 nitrogen and oxygen atoms in total. The molecule has 6 heteroatoms. The number of rotatable bonds is 4. The van der Waals surface area contributed by atoms with Crippen LogP contribution in [0.25, 0.3) is 0 Å². The number of benzene rings is 1. The summed E-state index contributed by atoms with van der Waals surface area (Å²) in [7, 11) is 0. The number of hydrogen-bond donors (Lipinski definition) is 1. The molecule has 0 aliphatic carbocycles. The number of amides is 2. The molecule has 2 heterocycles. The highest BCUT2D eigenvalue weighted by molar-refractivity contribution is 5.98. The van der Waals surface area contributed by atoms with E-state index >= 15 is 0 Å². The van der Waals surface area contributed by atoms with Gasteiger partial charge in [-0.1, -0.05) is 13.8 Å². The van der Waals surface area contributed by atoms with E-state index in [-0.39, 0.29) is 17.7 Å². The van der Waals surface area contributed by atoms with Crippen LogP contribution in [0.5, 0.6) is 11.5 Å². The van der Waals surface area contributed by atoms with Crippen molar-refractivity contribution >= 4 is 11.8 Å². The first-order chi connectivity index (χ1) is 12.1. The van der Waals surface area contributed by atoms with E-state index in [4.69, 9.17) is 4.74 Å². The van der Waals surface area contributed by atoms with E-state index in [1.54, 1.807) is 47.6 Å². The number of carbonyl (C=O) groups excluding carboxylic acids is 2. The molecule has 1 atom stereocenters. The molecule has 0 spiro atoms. The van der Waals surface area contributed by atoms with Crippen LogP contribution in [-0.4, -0.2) is 40.8 Å². The molecule has 3 rings (SSSR count). The lowest BCUT2D eigenvalue weighted by Crippen LogP contribution is -2.59. The zero-order valence-electron chi connectivity index (χ0n) is 14.3. The van der Waals surface area contributed by atoms with Gasteiger partial charge < -0.3 is 15.0 Å². The summed E-state index contributed by atoms with van der Waals surface area (Å²) < 4.78 is 5.68. The Hall–Kier alpha value is -2.89. The number of hydrogen-bond acceptors (Lipinski definition) is 4. The molecule has 0 saturated carbocycles. The third-order valence-electron chi connectivity index (χ3n) is 4.12. The Balaban J connectivity index is 1.75. The van der Waals surface area contributed by atoms with Gasteiger partial charge in [-0.2, -0.15) is 0 Å². The molecule has 0 radical (unpaired) electrons. The fraction of sp³-hybridized carbons (Fsp3) is 0.316. The number of pyridine rings is 1. The van der Waals surface area contributed by atoms with Crippen LogP contribution in [0.2, 0.25) is 0 Å². The average molecular weight is 339 g/mol. The fourth-order valence-corrected chi connectivity index (χ4v) is 2.95. The van der Waals surface area contributed by atoms with Gasteiger partial charge in [-0.25, -0.2) is 0 Å². The zero-order chi connectivity index (χ0) is 17.8. The maximum Gasteiger partial charge on any atom is 0.254 e. The van der Waals surface area contributed by atoms with Gasteiger partial charge in [0, 0.05) is 24.8 Å². The molecule has 1 fully saturated rings. The molecule has 25 heavy (non-hydrogen) atoms. The summed E-state index contributed by atoms with van der Waals surface area (Å²) in [6, 6.07) is 10.1. The molecule has 1 N–H and O–H groups in total. The molecule has 0 bridgehead atoms. The van der Waals surface area contributed by atoms with Crippen LogP contribution in [0.1, 0.15) is 24.2 Å². The second-order valence-corrected chi connectivity index (χ2v) is 6.29. The Morgan fingerprint density at radius 2 is 2.00 bits per heavy atom. The van der Waals surface area contributed by atoms with Gasteiger partial charge in [0.25, 0.3) is 5.91 Å². The van der Waals surface area contributed by atoms with Gasteiger partial charge >= 0.3 is 0 Å². The Morgan fingerprint density at radius 1 is 1.24 bits per heavy atom. The maximum atomic E-state index is 12.8. The third kappa shape index (κ3) is 3.79. The van der Waals surface area contributed by atoms with Crippen LogP contribution < -0.4 is 10.1 Å². The van der Waals surface area contributed by atoms with Crippen molar-refractivity contribution in [2.75, 3.05) is 13.1 Å². The highest BCUT2D eigenvalue weighted by Gasteiger charge is 2.35. The number of aromatic nitrogens is 1. The van der Waals surface area contributed by atoms with Crippen molar-refractivity contribution in [2.45, 2.75) is 19.9 Å². The van der Waals surface area contributed by atoms with E-state index in [0.29, 0.717) is 30.2 Å². The topological polar surface area (TPSA) is 71.5 Å². The first kappa shape index (κ1) is 17.0. The molecule has 1 unspecified atom stereocenters. The standard InChI is InChI=1S/C19H21N3O3/c1-13(2)17-18(23)21-10-11-22(17)19(24)14-5-7-15(8-6-14)25-16-4-3-9-20-12-16/h3-9,12-13,17H,10-11H2,1-2H3,(H,21,23). The summed E-state index contributed by atoms with van der Waals surface area (Å²) in [5.74, 6) is 1.08. The van der Waals surface area contributed by atoms with Crippen molar-refractivity contribution in [1.29, 1.82) is 0 Å². The predicted molar refractivity (Wildman–Crippen MR) is 93.4 cm³/mol. The summed E-state index contributed by atoms with van der Waals surface area (Å²) in [4.78, 5) is 30.6. The smallest absolute Gasteiger partial charge is 0.254 e. The highest BCUT2D eigenvalue weighted by atomic mass is 16.5. The van der Waals surface area contributed by atoms with E-state index in [9.17, 15) is 9.59 Å². The van der Waals surface area contributed by atoms with Gasteiger partial charge in [-0.15, -0.1) is 0 Å². The minimum atomic E-state index is -0.437. The lowest BCUT2D eigenvalue weighted by atomic mass is 9.98. The van der Waals surface area contributed by atoms with Gasteiger partial charge in [0.15, 0.2) is 0 Å². The van der Waals surface area contributed by atoms with Crippen LogP contribution >= 0.6 is 0 Å². The molecular weight excluding hydrogens is 318 g/mol. The minimum Gasteiger partial charge on any atom is -0.456 e. The second-order valence-electron chi connectivity index (χ2n) is 6.29. The van der Waals surface area contributed by atoms with Crippen LogP contribution in [0.3, 0.4) is 0 Å². The van der Waals surface area contributed by atoms with E-state index in [1.165, 1.54) is 0 Å². The van der Waals surface area contributed by atoms with E-state index in [1.807, 2.05) is 19.9 Å². The van der Waals surface area contributed by atoms with Crippen molar-refractivity contribution < 1.29 is 14.3 Å². The molecule has 1 aliphatic heterocycles. The number of nitrogens with one attached hydrogen (secondary N) is 1.